The van der Waals surface area contributed by atoms with Crippen LogP contribution in [0.4, 0.5) is 4.39 Å². The minimum Gasteiger partial charge on any atom is -0.545 e. The number of aliphatic hydroxyl groups is 1. The number of carboxylic acid groups (broad SMARTS) is 1. The minimum atomic E-state index is -1.61. The van der Waals surface area contributed by atoms with Crippen LogP contribution in [-0.2, 0) is 6.42 Å². The first kappa shape index (κ1) is 26.4. The Kier molecular flexibility index (Phi) is 8.90. The summed E-state index contributed by atoms with van der Waals surface area (Å²) < 4.78 is 21.5. The van der Waals surface area contributed by atoms with Gasteiger partial charge in [0.25, 0.3) is 0 Å². The minimum absolute atomic E-state index is 0. The van der Waals surface area contributed by atoms with E-state index in [0.717, 1.165) is 0 Å². The van der Waals surface area contributed by atoms with Gasteiger partial charge in [-0.15, -0.1) is 0 Å². The number of hydrogen-bond acceptors (Lipinski definition) is 5. The molecule has 0 saturated heterocycles. The molecule has 1 heterocycles. The Morgan fingerprint density at radius 2 is 1.97 bits per heavy atom. The number of aromatic nitrogens is 1. The number of ether oxygens (including phenoxy) is 1. The molecule has 1 atom stereocenters. The standard InChI is InChI=1S/C23H23ClFNO5.Na/c1-12(2)19(11-27)26-10-16(23(29)30)22(28)15-8-14(20(31-3)9-18(15)26)7-13-5-4-6-17(24)21(13)25;/h4-6,8-10,12,19,27H,7,11H2,1-3H3,(H,29,30);/q;+1/p-1/t19-;/m1./s1. The fourth-order valence-corrected chi connectivity index (χ4v) is 3.87. The zero-order valence-corrected chi connectivity index (χ0v) is 21.1. The number of carbonyl (C=O) groups excluding carboxylic acids is 1. The monoisotopic (exact) mass is 469 g/mol. The maximum absolute atomic E-state index is 14.4. The average molecular weight is 470 g/mol. The number of methoxy groups -OCH3 is 1. The molecular formula is C23H22ClFNNaO5. The third kappa shape index (κ3) is 5.02. The van der Waals surface area contributed by atoms with E-state index in [1.807, 2.05) is 13.8 Å². The summed E-state index contributed by atoms with van der Waals surface area (Å²) in [4.78, 5) is 24.5. The van der Waals surface area contributed by atoms with Gasteiger partial charge in [-0.2, -0.15) is 0 Å². The van der Waals surface area contributed by atoms with Crippen molar-refractivity contribution in [2.75, 3.05) is 13.7 Å². The number of halogens is 2. The molecule has 0 spiro atoms. The maximum atomic E-state index is 14.4. The largest absolute Gasteiger partial charge is 1.00 e. The van der Waals surface area contributed by atoms with E-state index in [2.05, 4.69) is 0 Å². The Morgan fingerprint density at radius 3 is 2.53 bits per heavy atom. The van der Waals surface area contributed by atoms with Gasteiger partial charge in [0.2, 0.25) is 0 Å². The normalized spacial score (nSPS) is 12.0. The van der Waals surface area contributed by atoms with Crippen molar-refractivity contribution in [1.29, 1.82) is 0 Å². The molecule has 9 heteroatoms. The first-order valence-electron chi connectivity index (χ1n) is 9.70. The number of nitrogens with zero attached hydrogens (tertiary/aromatic N) is 1. The van der Waals surface area contributed by atoms with Gasteiger partial charge in [0.15, 0.2) is 5.43 Å². The molecule has 3 aromatic rings. The van der Waals surface area contributed by atoms with Crippen molar-refractivity contribution in [3.8, 4) is 5.75 Å². The molecule has 0 radical (unpaired) electrons. The second-order valence-electron chi connectivity index (χ2n) is 7.63. The molecule has 3 rings (SSSR count). The predicted molar refractivity (Wildman–Crippen MR) is 114 cm³/mol. The van der Waals surface area contributed by atoms with Crippen molar-refractivity contribution in [2.24, 2.45) is 5.92 Å². The van der Waals surface area contributed by atoms with Crippen LogP contribution in [0.5, 0.6) is 5.75 Å². The number of benzene rings is 2. The van der Waals surface area contributed by atoms with Crippen LogP contribution in [0.15, 0.2) is 41.3 Å². The fraction of sp³-hybridized carbons (Fsp3) is 0.304. The van der Waals surface area contributed by atoms with Gasteiger partial charge in [0.1, 0.15) is 11.6 Å². The van der Waals surface area contributed by atoms with E-state index in [9.17, 15) is 24.2 Å². The summed E-state index contributed by atoms with van der Waals surface area (Å²) in [6.07, 6.45) is 1.27. The van der Waals surface area contributed by atoms with Crippen LogP contribution >= 0.6 is 11.6 Å². The van der Waals surface area contributed by atoms with E-state index in [4.69, 9.17) is 16.3 Å². The summed E-state index contributed by atoms with van der Waals surface area (Å²) in [6.45, 7) is 3.48. The number of carbonyl (C=O) groups is 1. The van der Waals surface area contributed by atoms with Gasteiger partial charge in [-0.3, -0.25) is 4.79 Å². The zero-order chi connectivity index (χ0) is 22.9. The zero-order valence-electron chi connectivity index (χ0n) is 18.3. The van der Waals surface area contributed by atoms with Crippen molar-refractivity contribution < 1.29 is 53.7 Å². The Labute approximate surface area is 211 Å². The van der Waals surface area contributed by atoms with E-state index >= 15 is 0 Å². The molecule has 0 aliphatic rings. The third-order valence-corrected chi connectivity index (χ3v) is 5.67. The van der Waals surface area contributed by atoms with Crippen LogP contribution in [0.1, 0.15) is 41.4 Å². The van der Waals surface area contributed by atoms with Crippen molar-refractivity contribution in [3.63, 3.8) is 0 Å². The molecule has 1 N–H and O–H groups in total. The van der Waals surface area contributed by atoms with Gasteiger partial charge in [-0.05, 0) is 29.2 Å². The summed E-state index contributed by atoms with van der Waals surface area (Å²) >= 11 is 5.88. The summed E-state index contributed by atoms with van der Waals surface area (Å²) in [5.41, 5.74) is -0.0499. The Bertz CT molecular complexity index is 1210. The smallest absolute Gasteiger partial charge is 0.545 e. The van der Waals surface area contributed by atoms with Crippen molar-refractivity contribution in [1.82, 2.24) is 4.57 Å². The van der Waals surface area contributed by atoms with Crippen LogP contribution in [-0.4, -0.2) is 29.4 Å². The van der Waals surface area contributed by atoms with E-state index in [1.54, 1.807) is 22.8 Å². The number of aromatic carboxylic acids is 1. The number of rotatable bonds is 7. The molecule has 0 bridgehead atoms. The Morgan fingerprint density at radius 1 is 1.28 bits per heavy atom. The van der Waals surface area contributed by atoms with E-state index in [0.29, 0.717) is 22.4 Å². The van der Waals surface area contributed by atoms with Gasteiger partial charge in [0, 0.05) is 24.1 Å². The average Bonchev–Trinajstić information content (AvgIpc) is 2.72. The van der Waals surface area contributed by atoms with Gasteiger partial charge < -0.3 is 24.3 Å². The SMILES string of the molecule is COc1cc2c(cc1Cc1cccc(Cl)c1F)c(=O)c(C(=O)[O-])cn2[C@H](CO)C(C)C.[Na+]. The molecule has 1 aromatic heterocycles. The molecule has 0 fully saturated rings. The molecule has 164 valence electrons. The molecular weight excluding hydrogens is 448 g/mol. The van der Waals surface area contributed by atoms with Crippen LogP contribution < -0.4 is 44.8 Å². The van der Waals surface area contributed by atoms with Crippen LogP contribution in [0.3, 0.4) is 0 Å². The number of aliphatic hydroxyl groups excluding tert-OH is 1. The number of fused-ring (bicyclic) bond motifs is 1. The van der Waals surface area contributed by atoms with Crippen LogP contribution in [0.2, 0.25) is 5.02 Å². The predicted octanol–water partition coefficient (Wildman–Crippen LogP) is -0.0497. The summed E-state index contributed by atoms with van der Waals surface area (Å²) in [6, 6.07) is 7.23. The molecule has 0 unspecified atom stereocenters. The van der Waals surface area contributed by atoms with Gasteiger partial charge in [0.05, 0.1) is 41.8 Å². The molecule has 0 aliphatic carbocycles. The Balaban J connectivity index is 0.00000363. The van der Waals surface area contributed by atoms with E-state index in [1.165, 1.54) is 25.4 Å². The van der Waals surface area contributed by atoms with Crippen molar-refractivity contribution in [3.05, 3.63) is 74.3 Å². The van der Waals surface area contributed by atoms with Gasteiger partial charge >= 0.3 is 29.6 Å². The number of hydrogen-bond donors (Lipinski definition) is 1. The summed E-state index contributed by atoms with van der Waals surface area (Å²) in [5.74, 6) is -1.86. The molecule has 32 heavy (non-hydrogen) atoms. The topological polar surface area (TPSA) is 91.6 Å². The number of carboxylic acids is 1. The molecule has 2 aromatic carbocycles. The van der Waals surface area contributed by atoms with Gasteiger partial charge in [-0.25, -0.2) is 4.39 Å². The van der Waals surface area contributed by atoms with Gasteiger partial charge in [-0.1, -0.05) is 37.6 Å². The van der Waals surface area contributed by atoms with Crippen molar-refractivity contribution in [2.45, 2.75) is 26.3 Å². The molecule has 0 aliphatic heterocycles. The fourth-order valence-electron chi connectivity index (χ4n) is 3.68. The molecule has 0 saturated carbocycles. The first-order valence-corrected chi connectivity index (χ1v) is 10.1. The third-order valence-electron chi connectivity index (χ3n) is 5.38. The van der Waals surface area contributed by atoms with Crippen LogP contribution in [0, 0.1) is 11.7 Å². The first-order chi connectivity index (χ1) is 14.7. The quantitative estimate of drug-likeness (QED) is 0.490. The second kappa shape index (κ2) is 10.8. The molecule has 0 amide bonds. The summed E-state index contributed by atoms with van der Waals surface area (Å²) in [5, 5.41) is 21.6. The van der Waals surface area contributed by atoms with Crippen LogP contribution in [0.25, 0.3) is 10.9 Å². The van der Waals surface area contributed by atoms with Crippen molar-refractivity contribution >= 4 is 28.5 Å². The maximum Gasteiger partial charge on any atom is 1.00 e. The Hall–Kier alpha value is -1.90. The van der Waals surface area contributed by atoms with E-state index in [-0.39, 0.29) is 58.9 Å². The number of pyridine rings is 1. The van der Waals surface area contributed by atoms with E-state index < -0.39 is 28.8 Å². The summed E-state index contributed by atoms with van der Waals surface area (Å²) in [7, 11) is 1.45. The molecule has 6 nitrogen and oxygen atoms in total. The second-order valence-corrected chi connectivity index (χ2v) is 8.04.